The van der Waals surface area contributed by atoms with Gasteiger partial charge in [-0.2, -0.15) is 0 Å². The summed E-state index contributed by atoms with van der Waals surface area (Å²) in [7, 11) is 3.19. The molecule has 0 aliphatic rings. The molecule has 0 unspecified atom stereocenters. The number of hydrogen-bond donors (Lipinski definition) is 1. The predicted molar refractivity (Wildman–Crippen MR) is 78.9 cm³/mol. The number of H-pyrrole nitrogens is 1. The van der Waals surface area contributed by atoms with Crippen LogP contribution in [0.4, 0.5) is 0 Å². The van der Waals surface area contributed by atoms with Crippen LogP contribution in [0, 0.1) is 0 Å². The molecule has 0 aliphatic heterocycles. The molecule has 3 aromatic rings. The predicted octanol–water partition coefficient (Wildman–Crippen LogP) is 4.65. The third-order valence-electron chi connectivity index (χ3n) is 3.14. The summed E-state index contributed by atoms with van der Waals surface area (Å²) in [4.78, 5) is 3.30. The molecule has 5 heteroatoms. The number of aromatic nitrogens is 1. The van der Waals surface area contributed by atoms with Crippen molar-refractivity contribution in [1.82, 2.24) is 4.98 Å². The van der Waals surface area contributed by atoms with E-state index in [1.165, 1.54) is 0 Å². The van der Waals surface area contributed by atoms with Gasteiger partial charge < -0.3 is 14.5 Å². The van der Waals surface area contributed by atoms with Gasteiger partial charge in [0.25, 0.3) is 0 Å². The van der Waals surface area contributed by atoms with Crippen LogP contribution < -0.4 is 9.47 Å². The van der Waals surface area contributed by atoms with Gasteiger partial charge in [-0.25, -0.2) is 0 Å². The fourth-order valence-corrected chi connectivity index (χ4v) is 2.70. The number of rotatable bonds is 2. The Kier molecular flexibility index (Phi) is 2.96. The van der Waals surface area contributed by atoms with Gasteiger partial charge in [0, 0.05) is 22.9 Å². The second kappa shape index (κ2) is 4.51. The van der Waals surface area contributed by atoms with E-state index in [-0.39, 0.29) is 0 Å². The van der Waals surface area contributed by atoms with Crippen LogP contribution in [0.1, 0.15) is 0 Å². The van der Waals surface area contributed by atoms with Gasteiger partial charge in [-0.05, 0) is 12.1 Å². The Balaban J connectivity index is 2.39. The first-order valence-electron chi connectivity index (χ1n) is 5.66. The molecule has 0 atom stereocenters. The van der Waals surface area contributed by atoms with Crippen molar-refractivity contribution in [3.05, 3.63) is 34.3 Å². The van der Waals surface area contributed by atoms with E-state index in [9.17, 15) is 0 Å². The number of ether oxygens (including phenoxy) is 2. The summed E-state index contributed by atoms with van der Waals surface area (Å²) in [6.07, 6.45) is 0. The van der Waals surface area contributed by atoms with Crippen molar-refractivity contribution in [2.24, 2.45) is 0 Å². The number of aromatic amines is 1. The Hall–Kier alpha value is -1.58. The summed E-state index contributed by atoms with van der Waals surface area (Å²) in [5.74, 6) is 1.28. The number of hydrogen-bond acceptors (Lipinski definition) is 2. The minimum Gasteiger partial charge on any atom is -0.495 e. The summed E-state index contributed by atoms with van der Waals surface area (Å²) in [6.45, 7) is 0. The average molecular weight is 296 g/mol. The van der Waals surface area contributed by atoms with Crippen LogP contribution in [0.5, 0.6) is 11.5 Å². The maximum absolute atomic E-state index is 6.16. The number of halogens is 2. The maximum atomic E-state index is 6.16. The first kappa shape index (κ1) is 12.5. The molecule has 2 aromatic carbocycles. The zero-order valence-corrected chi connectivity index (χ0v) is 11.9. The zero-order chi connectivity index (χ0) is 13.6. The van der Waals surface area contributed by atoms with E-state index in [0.717, 1.165) is 21.8 Å². The van der Waals surface area contributed by atoms with E-state index in [1.54, 1.807) is 14.2 Å². The molecule has 0 radical (unpaired) electrons. The highest BCUT2D eigenvalue weighted by molar-refractivity contribution is 6.34. The molecule has 0 bridgehead atoms. The van der Waals surface area contributed by atoms with E-state index in [4.69, 9.17) is 32.7 Å². The summed E-state index contributed by atoms with van der Waals surface area (Å²) in [6, 6.07) is 7.49. The van der Waals surface area contributed by atoms with Gasteiger partial charge in [0.15, 0.2) is 0 Å². The second-order valence-corrected chi connectivity index (χ2v) is 5.00. The summed E-state index contributed by atoms with van der Waals surface area (Å²) in [5, 5.41) is 3.15. The molecule has 0 spiro atoms. The molecule has 3 rings (SSSR count). The Morgan fingerprint density at radius 3 is 1.58 bits per heavy atom. The summed E-state index contributed by atoms with van der Waals surface area (Å²) < 4.78 is 10.4. The van der Waals surface area contributed by atoms with Crippen molar-refractivity contribution in [3.63, 3.8) is 0 Å². The minimum absolute atomic E-state index is 0.572. The van der Waals surface area contributed by atoms with Gasteiger partial charge in [0.2, 0.25) is 0 Å². The van der Waals surface area contributed by atoms with Crippen molar-refractivity contribution in [2.75, 3.05) is 14.2 Å². The van der Waals surface area contributed by atoms with Crippen LogP contribution in [0.15, 0.2) is 24.3 Å². The molecule has 1 aromatic heterocycles. The van der Waals surface area contributed by atoms with Gasteiger partial charge in [-0.1, -0.05) is 23.2 Å². The van der Waals surface area contributed by atoms with E-state index in [0.29, 0.717) is 21.5 Å². The van der Waals surface area contributed by atoms with E-state index >= 15 is 0 Å². The minimum atomic E-state index is 0.572. The first-order chi connectivity index (χ1) is 9.13. The number of nitrogens with one attached hydrogen (secondary N) is 1. The van der Waals surface area contributed by atoms with E-state index in [2.05, 4.69) is 4.98 Å². The fourth-order valence-electron chi connectivity index (χ4n) is 2.22. The van der Waals surface area contributed by atoms with Crippen LogP contribution in [-0.2, 0) is 0 Å². The summed E-state index contributed by atoms with van der Waals surface area (Å²) >= 11 is 12.3. The molecule has 19 heavy (non-hydrogen) atoms. The lowest BCUT2D eigenvalue weighted by molar-refractivity contribution is 0.415. The monoisotopic (exact) mass is 295 g/mol. The molecule has 1 heterocycles. The zero-order valence-electron chi connectivity index (χ0n) is 10.4. The van der Waals surface area contributed by atoms with Crippen molar-refractivity contribution in [2.45, 2.75) is 0 Å². The highest BCUT2D eigenvalue weighted by Gasteiger charge is 2.11. The quantitative estimate of drug-likeness (QED) is 0.747. The van der Waals surface area contributed by atoms with Crippen molar-refractivity contribution < 1.29 is 9.47 Å². The van der Waals surface area contributed by atoms with Crippen molar-refractivity contribution >= 4 is 45.0 Å². The molecular formula is C14H11Cl2NO2. The van der Waals surface area contributed by atoms with Gasteiger partial charge in [0.05, 0.1) is 35.3 Å². The molecule has 0 saturated carbocycles. The Labute approximate surface area is 120 Å². The Bertz CT molecular complexity index is 716. The normalized spacial score (nSPS) is 11.2. The topological polar surface area (TPSA) is 34.2 Å². The van der Waals surface area contributed by atoms with E-state index < -0.39 is 0 Å². The highest BCUT2D eigenvalue weighted by atomic mass is 35.5. The van der Waals surface area contributed by atoms with Crippen molar-refractivity contribution in [1.29, 1.82) is 0 Å². The Morgan fingerprint density at radius 1 is 0.789 bits per heavy atom. The van der Waals surface area contributed by atoms with Crippen LogP contribution in [0.2, 0.25) is 10.0 Å². The maximum Gasteiger partial charge on any atom is 0.139 e. The molecule has 98 valence electrons. The van der Waals surface area contributed by atoms with Crippen LogP contribution in [-0.4, -0.2) is 19.2 Å². The smallest absolute Gasteiger partial charge is 0.139 e. The highest BCUT2D eigenvalue weighted by Crippen LogP contribution is 2.37. The third-order valence-corrected chi connectivity index (χ3v) is 3.73. The molecule has 1 N–H and O–H groups in total. The van der Waals surface area contributed by atoms with Crippen LogP contribution >= 0.6 is 23.2 Å². The van der Waals surface area contributed by atoms with Gasteiger partial charge in [0.1, 0.15) is 11.5 Å². The molecule has 0 saturated heterocycles. The summed E-state index contributed by atoms with van der Waals surface area (Å²) in [5.41, 5.74) is 1.89. The SMILES string of the molecule is COc1cc2[nH]c3cc(OC)c(Cl)cc3c2cc1Cl. The molecule has 0 amide bonds. The fraction of sp³-hybridized carbons (Fsp3) is 0.143. The van der Waals surface area contributed by atoms with Gasteiger partial charge >= 0.3 is 0 Å². The molecule has 0 aliphatic carbocycles. The van der Waals surface area contributed by atoms with Crippen LogP contribution in [0.3, 0.4) is 0 Å². The molecular weight excluding hydrogens is 285 g/mol. The first-order valence-corrected chi connectivity index (χ1v) is 6.42. The molecule has 0 fully saturated rings. The average Bonchev–Trinajstić information content (AvgIpc) is 2.73. The number of methoxy groups -OCH3 is 2. The van der Waals surface area contributed by atoms with E-state index in [1.807, 2.05) is 24.3 Å². The second-order valence-electron chi connectivity index (χ2n) is 4.19. The number of fused-ring (bicyclic) bond motifs is 3. The lowest BCUT2D eigenvalue weighted by atomic mass is 10.1. The van der Waals surface area contributed by atoms with Gasteiger partial charge in [-0.3, -0.25) is 0 Å². The number of benzene rings is 2. The third kappa shape index (κ3) is 1.90. The molecule has 3 nitrogen and oxygen atoms in total. The van der Waals surface area contributed by atoms with Crippen LogP contribution in [0.25, 0.3) is 21.8 Å². The lowest BCUT2D eigenvalue weighted by Crippen LogP contribution is -1.83. The van der Waals surface area contributed by atoms with Gasteiger partial charge in [-0.15, -0.1) is 0 Å². The Morgan fingerprint density at radius 2 is 1.21 bits per heavy atom. The lowest BCUT2D eigenvalue weighted by Gasteiger charge is -2.03. The standard InChI is InChI=1S/C14H11Cl2NO2/c1-18-13-5-11-7(3-9(13)15)8-4-10(16)14(19-2)6-12(8)17-11/h3-6,17H,1-2H3. The largest absolute Gasteiger partial charge is 0.495 e. The van der Waals surface area contributed by atoms with Crippen molar-refractivity contribution in [3.8, 4) is 11.5 Å².